The molecule has 4 N–H and O–H groups in total. The minimum Gasteiger partial charge on any atom is -0.394 e. The summed E-state index contributed by atoms with van der Waals surface area (Å²) in [4.78, 5) is 11.9. The molecule has 0 amide bonds. The number of nitrogens with zero attached hydrogens (tertiary/aromatic N) is 3. The van der Waals surface area contributed by atoms with E-state index < -0.39 is 36.7 Å². The lowest BCUT2D eigenvalue weighted by Gasteiger charge is -2.17. The van der Waals surface area contributed by atoms with Crippen LogP contribution in [0.4, 0.5) is 0 Å². The van der Waals surface area contributed by atoms with Crippen molar-refractivity contribution >= 4 is 11.2 Å². The zero-order valence-corrected chi connectivity index (χ0v) is 9.67. The number of nitrogens with one attached hydrogen (secondary N) is 1. The number of ether oxygens (including phenoxy) is 1. The fourth-order valence-corrected chi connectivity index (χ4v) is 2.20. The molecule has 9 nitrogen and oxygen atoms in total. The fraction of sp³-hybridized carbons (Fsp3) is 0.500. The summed E-state index contributed by atoms with van der Waals surface area (Å²) in [6.45, 7) is -0.460. The lowest BCUT2D eigenvalue weighted by atomic mass is 10.1. The predicted molar refractivity (Wildman–Crippen MR) is 61.2 cm³/mol. The number of pyridine rings is 1. The van der Waals surface area contributed by atoms with Gasteiger partial charge in [-0.25, -0.2) is 0 Å². The summed E-state index contributed by atoms with van der Waals surface area (Å²) in [6, 6.07) is 2.75. The zero-order chi connectivity index (χ0) is 13.6. The Hall–Kier alpha value is -1.81. The van der Waals surface area contributed by atoms with Crippen LogP contribution in [0.5, 0.6) is 0 Å². The molecule has 1 aliphatic rings. The molecule has 0 radical (unpaired) electrons. The molecule has 3 rings (SSSR count). The summed E-state index contributed by atoms with van der Waals surface area (Å²) in [6.07, 6.45) is -4.68. The molecule has 19 heavy (non-hydrogen) atoms. The maximum atomic E-state index is 11.9. The van der Waals surface area contributed by atoms with Gasteiger partial charge in [0.2, 0.25) is 0 Å². The topological polar surface area (TPSA) is 133 Å². The average Bonchev–Trinajstić information content (AvgIpc) is 2.97. The van der Waals surface area contributed by atoms with Gasteiger partial charge in [0.05, 0.1) is 6.61 Å². The molecule has 2 aromatic heterocycles. The van der Waals surface area contributed by atoms with Crippen molar-refractivity contribution < 1.29 is 20.1 Å². The van der Waals surface area contributed by atoms with Crippen LogP contribution >= 0.6 is 0 Å². The van der Waals surface area contributed by atoms with Crippen molar-refractivity contribution in [3.63, 3.8) is 0 Å². The summed E-state index contributed by atoms with van der Waals surface area (Å²) < 4.78 is 6.41. The van der Waals surface area contributed by atoms with Crippen LogP contribution in [0.1, 0.15) is 6.23 Å². The van der Waals surface area contributed by atoms with E-state index in [0.717, 1.165) is 4.57 Å². The Balaban J connectivity index is 2.12. The van der Waals surface area contributed by atoms with Crippen molar-refractivity contribution in [2.75, 3.05) is 6.61 Å². The number of aromatic nitrogens is 4. The first-order chi connectivity index (χ1) is 9.13. The maximum Gasteiger partial charge on any atom is 0.254 e. The van der Waals surface area contributed by atoms with E-state index >= 15 is 0 Å². The van der Waals surface area contributed by atoms with Crippen LogP contribution in [-0.4, -0.2) is 60.2 Å². The molecule has 4 unspecified atom stereocenters. The predicted octanol–water partition coefficient (Wildman–Crippen LogP) is -2.27. The highest BCUT2D eigenvalue weighted by molar-refractivity contribution is 5.69. The van der Waals surface area contributed by atoms with Gasteiger partial charge in [-0.2, -0.15) is 10.3 Å². The van der Waals surface area contributed by atoms with Crippen LogP contribution in [0, 0.1) is 0 Å². The van der Waals surface area contributed by atoms with Gasteiger partial charge in [0, 0.05) is 6.07 Å². The van der Waals surface area contributed by atoms with Crippen molar-refractivity contribution in [2.45, 2.75) is 24.5 Å². The highest BCUT2D eigenvalue weighted by atomic mass is 16.6. The Morgan fingerprint density at radius 1 is 1.32 bits per heavy atom. The van der Waals surface area contributed by atoms with Gasteiger partial charge < -0.3 is 20.1 Å². The molecule has 3 heterocycles. The third kappa shape index (κ3) is 1.75. The summed E-state index contributed by atoms with van der Waals surface area (Å²) in [5.41, 5.74) is 0.191. The Morgan fingerprint density at radius 3 is 2.79 bits per heavy atom. The molecule has 0 saturated carbocycles. The second-order valence-corrected chi connectivity index (χ2v) is 4.30. The number of hydrogen-bond acceptors (Lipinski definition) is 7. The van der Waals surface area contributed by atoms with E-state index in [4.69, 9.17) is 9.84 Å². The van der Waals surface area contributed by atoms with Gasteiger partial charge >= 0.3 is 0 Å². The second kappa shape index (κ2) is 4.38. The number of hydrogen-bond donors (Lipinski definition) is 4. The van der Waals surface area contributed by atoms with E-state index in [9.17, 15) is 15.0 Å². The first kappa shape index (κ1) is 12.2. The van der Waals surface area contributed by atoms with Gasteiger partial charge in [-0.3, -0.25) is 9.36 Å². The molecule has 1 saturated heterocycles. The first-order valence-corrected chi connectivity index (χ1v) is 5.68. The number of aromatic amines is 1. The van der Waals surface area contributed by atoms with Crippen LogP contribution < -0.4 is 5.56 Å². The second-order valence-electron chi connectivity index (χ2n) is 4.30. The molecule has 9 heteroatoms. The normalized spacial score (nSPS) is 31.1. The van der Waals surface area contributed by atoms with Gasteiger partial charge in [-0.05, 0) is 6.07 Å². The van der Waals surface area contributed by atoms with E-state index in [-0.39, 0.29) is 5.65 Å². The summed E-state index contributed by atoms with van der Waals surface area (Å²) in [5.74, 6) is 0. The van der Waals surface area contributed by atoms with Crippen molar-refractivity contribution in [1.29, 1.82) is 0 Å². The summed E-state index contributed by atoms with van der Waals surface area (Å²) in [5, 5.41) is 38.7. The number of fused-ring (bicyclic) bond motifs is 1. The minimum absolute atomic E-state index is 0.210. The van der Waals surface area contributed by atoms with Crippen LogP contribution in [-0.2, 0) is 4.74 Å². The number of rotatable bonds is 2. The van der Waals surface area contributed by atoms with Crippen LogP contribution in [0.3, 0.4) is 0 Å². The van der Waals surface area contributed by atoms with E-state index in [1.807, 2.05) is 0 Å². The van der Waals surface area contributed by atoms with Gasteiger partial charge in [0.15, 0.2) is 11.9 Å². The van der Waals surface area contributed by atoms with Crippen molar-refractivity contribution in [3.05, 3.63) is 22.5 Å². The van der Waals surface area contributed by atoms with Gasteiger partial charge in [0.1, 0.15) is 23.8 Å². The molecule has 1 aliphatic heterocycles. The van der Waals surface area contributed by atoms with Crippen molar-refractivity contribution in [2.24, 2.45) is 0 Å². The zero-order valence-electron chi connectivity index (χ0n) is 9.67. The van der Waals surface area contributed by atoms with Crippen LogP contribution in [0.2, 0.25) is 0 Å². The fourth-order valence-electron chi connectivity index (χ4n) is 2.20. The third-order valence-corrected chi connectivity index (χ3v) is 3.18. The smallest absolute Gasteiger partial charge is 0.254 e. The quantitative estimate of drug-likeness (QED) is 0.482. The Labute approximate surface area is 106 Å². The van der Waals surface area contributed by atoms with Gasteiger partial charge in [-0.15, -0.1) is 5.10 Å². The lowest BCUT2D eigenvalue weighted by Crippen LogP contribution is -2.35. The van der Waals surface area contributed by atoms with Crippen molar-refractivity contribution in [3.8, 4) is 0 Å². The van der Waals surface area contributed by atoms with E-state index in [2.05, 4.69) is 15.4 Å². The molecule has 1 fully saturated rings. The minimum atomic E-state index is -1.34. The molecular weight excluding hydrogens is 256 g/mol. The number of aliphatic hydroxyl groups is 3. The first-order valence-electron chi connectivity index (χ1n) is 5.68. The van der Waals surface area contributed by atoms with Gasteiger partial charge in [0.25, 0.3) is 5.56 Å². The molecule has 0 aliphatic carbocycles. The average molecular weight is 268 g/mol. The van der Waals surface area contributed by atoms with Crippen LogP contribution in [0.15, 0.2) is 16.9 Å². The molecule has 0 bridgehead atoms. The summed E-state index contributed by atoms with van der Waals surface area (Å²) >= 11 is 0. The van der Waals surface area contributed by atoms with E-state index in [0.29, 0.717) is 5.52 Å². The van der Waals surface area contributed by atoms with Crippen LogP contribution in [0.25, 0.3) is 11.2 Å². The third-order valence-electron chi connectivity index (χ3n) is 3.18. The molecule has 0 spiro atoms. The lowest BCUT2D eigenvalue weighted by molar-refractivity contribution is -0.0524. The summed E-state index contributed by atoms with van der Waals surface area (Å²) in [7, 11) is 0. The highest BCUT2D eigenvalue weighted by Gasteiger charge is 2.44. The van der Waals surface area contributed by atoms with E-state index in [1.165, 1.54) is 12.1 Å². The molecule has 102 valence electrons. The highest BCUT2D eigenvalue weighted by Crippen LogP contribution is 2.29. The monoisotopic (exact) mass is 268 g/mol. The van der Waals surface area contributed by atoms with E-state index in [1.54, 1.807) is 0 Å². The number of H-pyrrole nitrogens is 1. The Kier molecular flexibility index (Phi) is 2.82. The number of aliphatic hydroxyl groups excluding tert-OH is 3. The molecular formula is C10H12N4O5. The Bertz CT molecular complexity index is 653. The van der Waals surface area contributed by atoms with Gasteiger partial charge in [-0.1, -0.05) is 0 Å². The molecule has 2 aromatic rings. The van der Waals surface area contributed by atoms with Crippen molar-refractivity contribution in [1.82, 2.24) is 20.0 Å². The maximum absolute atomic E-state index is 11.9. The molecule has 4 atom stereocenters. The Morgan fingerprint density at radius 2 is 2.11 bits per heavy atom. The molecule has 0 aromatic carbocycles. The standard InChI is InChI=1S/C10H12N4O5/c15-3-5-7(17)8(18)10(19-5)14-6(16)2-1-4-9(14)12-13-11-4/h1-2,5,7-8,10,15,17-18H,3H2,(H,11,12,13). The largest absolute Gasteiger partial charge is 0.394 e. The SMILES string of the molecule is O=c1ccc2n[nH]nc2n1C1OC(CO)C(O)C1O.